The number of hydrogen-bond acceptors (Lipinski definition) is 4. The molecule has 0 amide bonds. The van der Waals surface area contributed by atoms with Crippen molar-refractivity contribution in [3.63, 3.8) is 0 Å². The summed E-state index contributed by atoms with van der Waals surface area (Å²) < 4.78 is 30.4. The Balaban J connectivity index is 1.68. The standard InChI is InChI=1S/C21H17F2N5/c22-17-10-3-1-6-13(17)12-14-7-5-9-16-19(14)24-21-25-26-27-28(21)20(16)15-8-2-4-11-18(15)23/h1-4,6,8,10-12,20H,5,7,9H2,(H,24,25,27)/t20-/m1/s1. The highest BCUT2D eigenvalue weighted by Crippen LogP contribution is 2.43. The van der Waals surface area contributed by atoms with Gasteiger partial charge in [0, 0.05) is 16.8 Å². The third-order valence-electron chi connectivity index (χ3n) is 5.27. The largest absolute Gasteiger partial charge is 0.323 e. The molecule has 2 heterocycles. The number of fused-ring (bicyclic) bond motifs is 1. The Morgan fingerprint density at radius 3 is 2.61 bits per heavy atom. The number of aromatic nitrogens is 4. The molecule has 2 aromatic carbocycles. The smallest absolute Gasteiger partial charge is 0.248 e. The Morgan fingerprint density at radius 2 is 1.79 bits per heavy atom. The number of halogens is 2. The number of benzene rings is 2. The van der Waals surface area contributed by atoms with Crippen LogP contribution in [-0.4, -0.2) is 20.2 Å². The minimum Gasteiger partial charge on any atom is -0.323 e. The molecule has 0 fully saturated rings. The van der Waals surface area contributed by atoms with Gasteiger partial charge in [-0.25, -0.2) is 8.78 Å². The molecule has 1 aliphatic heterocycles. The normalized spacial score (nSPS) is 19.9. The van der Waals surface area contributed by atoms with Gasteiger partial charge in [-0.1, -0.05) is 41.5 Å². The summed E-state index contributed by atoms with van der Waals surface area (Å²) in [5.41, 5.74) is 3.91. The first-order valence-corrected chi connectivity index (χ1v) is 9.20. The Kier molecular flexibility index (Phi) is 4.00. The van der Waals surface area contributed by atoms with Crippen LogP contribution >= 0.6 is 0 Å². The van der Waals surface area contributed by atoms with Crippen molar-refractivity contribution in [2.45, 2.75) is 25.3 Å². The molecule has 1 aliphatic carbocycles. The zero-order chi connectivity index (χ0) is 19.1. The van der Waals surface area contributed by atoms with Crippen molar-refractivity contribution in [3.8, 4) is 0 Å². The summed E-state index contributed by atoms with van der Waals surface area (Å²) in [7, 11) is 0. The molecule has 0 unspecified atom stereocenters. The second-order valence-corrected chi connectivity index (χ2v) is 6.94. The average molecular weight is 377 g/mol. The van der Waals surface area contributed by atoms with Gasteiger partial charge in [0.15, 0.2) is 0 Å². The third-order valence-corrected chi connectivity index (χ3v) is 5.27. The summed E-state index contributed by atoms with van der Waals surface area (Å²) in [5.74, 6) is -0.115. The quantitative estimate of drug-likeness (QED) is 0.715. The molecular formula is C21H17F2N5. The second kappa shape index (κ2) is 6.67. The topological polar surface area (TPSA) is 55.6 Å². The Morgan fingerprint density at radius 1 is 1.00 bits per heavy atom. The summed E-state index contributed by atoms with van der Waals surface area (Å²) in [6, 6.07) is 12.9. The lowest BCUT2D eigenvalue weighted by molar-refractivity contribution is 0.497. The van der Waals surface area contributed by atoms with Gasteiger partial charge in [-0.2, -0.15) is 4.68 Å². The molecule has 0 spiro atoms. The summed E-state index contributed by atoms with van der Waals surface area (Å²) >= 11 is 0. The maximum atomic E-state index is 14.6. The first-order chi connectivity index (χ1) is 13.7. The molecule has 140 valence electrons. The number of anilines is 1. The van der Waals surface area contributed by atoms with Crippen LogP contribution in [-0.2, 0) is 0 Å². The van der Waals surface area contributed by atoms with E-state index in [0.29, 0.717) is 17.1 Å². The SMILES string of the molecule is Fc1ccccc1C=C1CCCC2=C1Nc1nnnn1[C@@H]2c1ccccc1F. The first kappa shape index (κ1) is 16.8. The molecule has 5 nitrogen and oxygen atoms in total. The Labute approximate surface area is 160 Å². The van der Waals surface area contributed by atoms with Crippen LogP contribution in [0, 0.1) is 11.6 Å². The van der Waals surface area contributed by atoms with Crippen molar-refractivity contribution in [1.29, 1.82) is 0 Å². The molecule has 1 aromatic heterocycles. The monoisotopic (exact) mass is 377 g/mol. The van der Waals surface area contributed by atoms with Crippen LogP contribution in [0.1, 0.15) is 36.4 Å². The van der Waals surface area contributed by atoms with Crippen molar-refractivity contribution >= 4 is 12.0 Å². The van der Waals surface area contributed by atoms with Gasteiger partial charge in [-0.3, -0.25) is 0 Å². The van der Waals surface area contributed by atoms with Crippen LogP contribution in [0.25, 0.3) is 6.08 Å². The highest BCUT2D eigenvalue weighted by atomic mass is 19.1. The van der Waals surface area contributed by atoms with E-state index in [2.05, 4.69) is 20.8 Å². The van der Waals surface area contributed by atoms with Gasteiger partial charge >= 0.3 is 0 Å². The van der Waals surface area contributed by atoms with Gasteiger partial charge in [0.1, 0.15) is 17.7 Å². The summed E-state index contributed by atoms with van der Waals surface area (Å²) in [4.78, 5) is 0. The molecule has 1 atom stereocenters. The van der Waals surface area contributed by atoms with E-state index in [-0.39, 0.29) is 11.6 Å². The van der Waals surface area contributed by atoms with Crippen molar-refractivity contribution in [2.75, 3.05) is 5.32 Å². The number of rotatable bonds is 2. The highest BCUT2D eigenvalue weighted by molar-refractivity contribution is 5.65. The summed E-state index contributed by atoms with van der Waals surface area (Å²) in [5, 5.41) is 15.2. The van der Waals surface area contributed by atoms with Gasteiger partial charge < -0.3 is 5.32 Å². The highest BCUT2D eigenvalue weighted by Gasteiger charge is 2.35. The van der Waals surface area contributed by atoms with Crippen LogP contribution in [0.5, 0.6) is 0 Å². The number of tetrazole rings is 1. The van der Waals surface area contributed by atoms with Gasteiger partial charge in [-0.15, -0.1) is 0 Å². The zero-order valence-electron chi connectivity index (χ0n) is 14.9. The molecular weight excluding hydrogens is 360 g/mol. The predicted molar refractivity (Wildman–Crippen MR) is 101 cm³/mol. The van der Waals surface area contributed by atoms with Crippen molar-refractivity contribution < 1.29 is 8.78 Å². The molecule has 5 rings (SSSR count). The van der Waals surface area contributed by atoms with Crippen LogP contribution in [0.2, 0.25) is 0 Å². The van der Waals surface area contributed by atoms with E-state index in [1.54, 1.807) is 28.9 Å². The Bertz CT molecular complexity index is 1120. The van der Waals surface area contributed by atoms with E-state index in [1.807, 2.05) is 18.2 Å². The van der Waals surface area contributed by atoms with Gasteiger partial charge in [-0.05, 0) is 59.0 Å². The fourth-order valence-corrected chi connectivity index (χ4v) is 4.01. The van der Waals surface area contributed by atoms with Crippen LogP contribution in [0.15, 0.2) is 65.4 Å². The van der Waals surface area contributed by atoms with Crippen molar-refractivity contribution in [1.82, 2.24) is 20.2 Å². The van der Waals surface area contributed by atoms with Crippen LogP contribution in [0.3, 0.4) is 0 Å². The predicted octanol–water partition coefficient (Wildman–Crippen LogP) is 4.49. The fourth-order valence-electron chi connectivity index (χ4n) is 4.01. The molecule has 1 N–H and O–H groups in total. The lowest BCUT2D eigenvalue weighted by atomic mass is 9.83. The molecule has 0 radical (unpaired) electrons. The summed E-state index contributed by atoms with van der Waals surface area (Å²) in [6.07, 6.45) is 4.33. The van der Waals surface area contributed by atoms with Crippen LogP contribution in [0.4, 0.5) is 14.7 Å². The molecule has 0 bridgehead atoms. The minimum atomic E-state index is -0.424. The van der Waals surface area contributed by atoms with E-state index >= 15 is 0 Å². The van der Waals surface area contributed by atoms with Gasteiger partial charge in [0.25, 0.3) is 0 Å². The van der Waals surface area contributed by atoms with E-state index < -0.39 is 6.04 Å². The van der Waals surface area contributed by atoms with Gasteiger partial charge in [0.2, 0.25) is 5.95 Å². The molecule has 7 heteroatoms. The lowest BCUT2D eigenvalue weighted by Gasteiger charge is -2.34. The van der Waals surface area contributed by atoms with E-state index in [9.17, 15) is 8.78 Å². The lowest BCUT2D eigenvalue weighted by Crippen LogP contribution is -2.28. The van der Waals surface area contributed by atoms with E-state index in [1.165, 1.54) is 12.1 Å². The van der Waals surface area contributed by atoms with E-state index in [0.717, 1.165) is 36.1 Å². The zero-order valence-corrected chi connectivity index (χ0v) is 14.9. The first-order valence-electron chi connectivity index (χ1n) is 9.20. The minimum absolute atomic E-state index is 0.269. The van der Waals surface area contributed by atoms with Crippen LogP contribution < -0.4 is 5.32 Å². The van der Waals surface area contributed by atoms with E-state index in [4.69, 9.17) is 0 Å². The number of allylic oxidation sites excluding steroid dienone is 2. The molecule has 2 aliphatic rings. The Hall–Kier alpha value is -3.35. The maximum Gasteiger partial charge on any atom is 0.248 e. The van der Waals surface area contributed by atoms with Crippen molar-refractivity contribution in [3.05, 3.63) is 88.1 Å². The number of nitrogens with one attached hydrogen (secondary N) is 1. The average Bonchev–Trinajstić information content (AvgIpc) is 3.17. The molecule has 3 aromatic rings. The summed E-state index contributed by atoms with van der Waals surface area (Å²) in [6.45, 7) is 0. The number of nitrogens with zero attached hydrogens (tertiary/aromatic N) is 4. The second-order valence-electron chi connectivity index (χ2n) is 6.94. The molecule has 28 heavy (non-hydrogen) atoms. The fraction of sp³-hybridized carbons (Fsp3) is 0.190. The van der Waals surface area contributed by atoms with Gasteiger partial charge in [0.05, 0.1) is 0 Å². The van der Waals surface area contributed by atoms with Crippen molar-refractivity contribution in [2.24, 2.45) is 0 Å². The maximum absolute atomic E-state index is 14.6. The molecule has 0 saturated carbocycles. The third kappa shape index (κ3) is 2.70. The number of hydrogen-bond donors (Lipinski definition) is 1. The molecule has 0 saturated heterocycles.